The zero-order valence-corrected chi connectivity index (χ0v) is 13.4. The Balaban J connectivity index is 1.72. The molecular formula is C15H16N4O3S. The minimum Gasteiger partial charge on any atom is -0.476 e. The van der Waals surface area contributed by atoms with E-state index in [2.05, 4.69) is 15.0 Å². The number of aryl methyl sites for hydroxylation is 1. The normalized spacial score (nSPS) is 18.0. The van der Waals surface area contributed by atoms with E-state index in [9.17, 15) is 9.59 Å². The van der Waals surface area contributed by atoms with Crippen LogP contribution in [-0.2, 0) is 0 Å². The molecule has 0 saturated carbocycles. The summed E-state index contributed by atoms with van der Waals surface area (Å²) < 4.78 is 0. The Morgan fingerprint density at radius 3 is 2.65 bits per heavy atom. The number of likely N-dealkylation sites (tertiary alicyclic amines) is 1. The van der Waals surface area contributed by atoms with Crippen molar-refractivity contribution in [3.63, 3.8) is 0 Å². The van der Waals surface area contributed by atoms with Gasteiger partial charge >= 0.3 is 5.97 Å². The molecule has 1 aliphatic heterocycles. The van der Waals surface area contributed by atoms with Gasteiger partial charge in [-0.1, -0.05) is 0 Å². The lowest BCUT2D eigenvalue weighted by atomic mass is 9.98. The number of carboxylic acid groups (broad SMARTS) is 1. The zero-order chi connectivity index (χ0) is 16.4. The SMILES string of the molecule is Cc1csc(C2CCCN(C(=O)c3cnc(C(=O)O)cn3)C2)n1. The molecule has 0 spiro atoms. The van der Waals surface area contributed by atoms with Crippen LogP contribution < -0.4 is 0 Å². The van der Waals surface area contributed by atoms with Crippen LogP contribution in [0.5, 0.6) is 0 Å². The van der Waals surface area contributed by atoms with Gasteiger partial charge in [0.2, 0.25) is 0 Å². The van der Waals surface area contributed by atoms with Crippen molar-refractivity contribution in [2.75, 3.05) is 13.1 Å². The Bertz CT molecular complexity index is 729. The lowest BCUT2D eigenvalue weighted by Gasteiger charge is -2.31. The molecular weight excluding hydrogens is 316 g/mol. The summed E-state index contributed by atoms with van der Waals surface area (Å²) in [6, 6.07) is 0. The number of hydrogen-bond donors (Lipinski definition) is 1. The first-order chi connectivity index (χ1) is 11.0. The molecule has 0 bridgehead atoms. The average Bonchev–Trinajstić information content (AvgIpc) is 3.01. The lowest BCUT2D eigenvalue weighted by molar-refractivity contribution is 0.0677. The minimum atomic E-state index is -1.16. The molecule has 1 N–H and O–H groups in total. The standard InChI is InChI=1S/C15H16N4O3S/c1-9-8-23-13(18-9)10-3-2-4-19(7-10)14(20)11-5-17-12(6-16-11)15(21)22/h5-6,8,10H,2-4,7H2,1H3,(H,21,22). The Kier molecular flexibility index (Phi) is 4.33. The Morgan fingerprint density at radius 2 is 2.04 bits per heavy atom. The van der Waals surface area contributed by atoms with Crippen molar-refractivity contribution in [2.24, 2.45) is 0 Å². The number of carboxylic acids is 1. The van der Waals surface area contributed by atoms with Gasteiger partial charge in [0, 0.05) is 30.1 Å². The van der Waals surface area contributed by atoms with E-state index in [4.69, 9.17) is 5.11 Å². The first-order valence-corrected chi connectivity index (χ1v) is 8.19. The quantitative estimate of drug-likeness (QED) is 0.923. The number of nitrogens with zero attached hydrogens (tertiary/aromatic N) is 4. The largest absolute Gasteiger partial charge is 0.476 e. The number of aromatic nitrogens is 3. The summed E-state index contributed by atoms with van der Waals surface area (Å²) in [4.78, 5) is 37.3. The van der Waals surface area contributed by atoms with Gasteiger partial charge in [0.15, 0.2) is 5.69 Å². The summed E-state index contributed by atoms with van der Waals surface area (Å²) in [6.45, 7) is 3.24. The van der Waals surface area contributed by atoms with Crippen LogP contribution in [0.3, 0.4) is 0 Å². The van der Waals surface area contributed by atoms with Gasteiger partial charge in [-0.15, -0.1) is 11.3 Å². The van der Waals surface area contributed by atoms with Crippen LogP contribution in [0.2, 0.25) is 0 Å². The number of thiazole rings is 1. The number of aromatic carboxylic acids is 1. The molecule has 1 aliphatic rings. The molecule has 1 fully saturated rings. The fourth-order valence-corrected chi connectivity index (χ4v) is 3.56. The molecule has 1 saturated heterocycles. The van der Waals surface area contributed by atoms with Gasteiger partial charge in [-0.2, -0.15) is 0 Å². The van der Waals surface area contributed by atoms with Crippen molar-refractivity contribution < 1.29 is 14.7 Å². The summed E-state index contributed by atoms with van der Waals surface area (Å²) >= 11 is 1.63. The van der Waals surface area contributed by atoms with Gasteiger partial charge in [0.1, 0.15) is 5.69 Å². The number of piperidine rings is 1. The number of carbonyl (C=O) groups excluding carboxylic acids is 1. The van der Waals surface area contributed by atoms with Crippen molar-refractivity contribution >= 4 is 23.2 Å². The number of hydrogen-bond acceptors (Lipinski definition) is 6. The van der Waals surface area contributed by atoms with E-state index in [1.807, 2.05) is 12.3 Å². The van der Waals surface area contributed by atoms with Crippen LogP contribution in [0.15, 0.2) is 17.8 Å². The van der Waals surface area contributed by atoms with Crippen molar-refractivity contribution in [2.45, 2.75) is 25.7 Å². The fraction of sp³-hybridized carbons (Fsp3) is 0.400. The van der Waals surface area contributed by atoms with Gasteiger partial charge in [-0.05, 0) is 19.8 Å². The Labute approximate surface area is 137 Å². The van der Waals surface area contributed by atoms with E-state index >= 15 is 0 Å². The first-order valence-electron chi connectivity index (χ1n) is 7.31. The van der Waals surface area contributed by atoms with Crippen molar-refractivity contribution in [1.29, 1.82) is 0 Å². The zero-order valence-electron chi connectivity index (χ0n) is 12.6. The predicted molar refractivity (Wildman–Crippen MR) is 83.7 cm³/mol. The van der Waals surface area contributed by atoms with E-state index in [0.29, 0.717) is 13.1 Å². The first kappa shape index (κ1) is 15.5. The molecule has 2 aromatic rings. The van der Waals surface area contributed by atoms with Crippen LogP contribution in [0.25, 0.3) is 0 Å². The monoisotopic (exact) mass is 332 g/mol. The topological polar surface area (TPSA) is 96.3 Å². The van der Waals surface area contributed by atoms with E-state index < -0.39 is 5.97 Å². The van der Waals surface area contributed by atoms with Crippen molar-refractivity contribution in [3.05, 3.63) is 39.9 Å². The van der Waals surface area contributed by atoms with Crippen molar-refractivity contribution in [3.8, 4) is 0 Å². The van der Waals surface area contributed by atoms with E-state index in [1.165, 1.54) is 6.20 Å². The molecule has 8 heteroatoms. The Morgan fingerprint density at radius 1 is 1.30 bits per heavy atom. The van der Waals surface area contributed by atoms with Gasteiger partial charge in [0.05, 0.1) is 17.4 Å². The average molecular weight is 332 g/mol. The summed E-state index contributed by atoms with van der Waals surface area (Å²) in [5.41, 5.74) is 1.01. The van der Waals surface area contributed by atoms with Crippen molar-refractivity contribution in [1.82, 2.24) is 19.9 Å². The molecule has 2 aromatic heterocycles. The molecule has 1 amide bonds. The number of rotatable bonds is 3. The third-order valence-electron chi connectivity index (χ3n) is 3.78. The van der Waals surface area contributed by atoms with Crippen LogP contribution in [0.4, 0.5) is 0 Å². The van der Waals surface area contributed by atoms with Gasteiger partial charge < -0.3 is 10.0 Å². The molecule has 3 heterocycles. The predicted octanol–water partition coefficient (Wildman–Crippen LogP) is 1.96. The highest BCUT2D eigenvalue weighted by atomic mass is 32.1. The van der Waals surface area contributed by atoms with Gasteiger partial charge in [-0.25, -0.2) is 19.7 Å². The molecule has 3 rings (SSSR count). The second-order valence-electron chi connectivity index (χ2n) is 5.51. The maximum Gasteiger partial charge on any atom is 0.356 e. The molecule has 1 atom stereocenters. The highest BCUT2D eigenvalue weighted by molar-refractivity contribution is 7.09. The smallest absolute Gasteiger partial charge is 0.356 e. The second-order valence-corrected chi connectivity index (χ2v) is 6.40. The van der Waals surface area contributed by atoms with Crippen LogP contribution in [0.1, 0.15) is 50.4 Å². The molecule has 0 radical (unpaired) electrons. The molecule has 120 valence electrons. The second kappa shape index (κ2) is 6.41. The van der Waals surface area contributed by atoms with Crippen LogP contribution in [0, 0.1) is 6.92 Å². The van der Waals surface area contributed by atoms with E-state index in [1.54, 1.807) is 16.2 Å². The summed E-state index contributed by atoms with van der Waals surface area (Å²) in [7, 11) is 0. The van der Waals surface area contributed by atoms with Gasteiger partial charge in [-0.3, -0.25) is 4.79 Å². The number of carbonyl (C=O) groups is 2. The van der Waals surface area contributed by atoms with E-state index in [0.717, 1.165) is 29.7 Å². The third kappa shape index (κ3) is 3.37. The van der Waals surface area contributed by atoms with Crippen LogP contribution >= 0.6 is 11.3 Å². The number of amides is 1. The highest BCUT2D eigenvalue weighted by Gasteiger charge is 2.28. The summed E-state index contributed by atoms with van der Waals surface area (Å²) in [5, 5.41) is 11.9. The molecule has 0 aromatic carbocycles. The third-order valence-corrected chi connectivity index (χ3v) is 4.91. The van der Waals surface area contributed by atoms with E-state index in [-0.39, 0.29) is 23.2 Å². The fourth-order valence-electron chi connectivity index (χ4n) is 2.63. The molecule has 0 aliphatic carbocycles. The maximum atomic E-state index is 12.5. The molecule has 7 nitrogen and oxygen atoms in total. The van der Waals surface area contributed by atoms with Crippen LogP contribution in [-0.4, -0.2) is 49.9 Å². The summed E-state index contributed by atoms with van der Waals surface area (Å²) in [6.07, 6.45) is 4.26. The summed E-state index contributed by atoms with van der Waals surface area (Å²) in [5.74, 6) is -1.13. The molecule has 23 heavy (non-hydrogen) atoms. The Hall–Kier alpha value is -2.35. The van der Waals surface area contributed by atoms with Gasteiger partial charge in [0.25, 0.3) is 5.91 Å². The highest BCUT2D eigenvalue weighted by Crippen LogP contribution is 2.29. The minimum absolute atomic E-state index is 0.170. The maximum absolute atomic E-state index is 12.5. The lowest BCUT2D eigenvalue weighted by Crippen LogP contribution is -2.39. The molecule has 1 unspecified atom stereocenters.